The number of halogens is 2. The number of rotatable bonds is 6. The molecule has 0 bridgehead atoms. The molecular weight excluding hydrogens is 283 g/mol. The van der Waals surface area contributed by atoms with Gasteiger partial charge in [0.15, 0.2) is 0 Å². The van der Waals surface area contributed by atoms with Crippen molar-refractivity contribution in [2.45, 2.75) is 6.92 Å². The van der Waals surface area contributed by atoms with E-state index in [2.05, 4.69) is 19.7 Å². The van der Waals surface area contributed by atoms with Crippen LogP contribution in [0.5, 0.6) is 0 Å². The Labute approximate surface area is 131 Å². The molecule has 21 heavy (non-hydrogen) atoms. The number of hydrogen-bond acceptors (Lipinski definition) is 0. The predicted molar refractivity (Wildman–Crippen MR) is 91.9 cm³/mol. The lowest BCUT2D eigenvalue weighted by Crippen LogP contribution is -1.95. The van der Waals surface area contributed by atoms with E-state index < -0.39 is 0 Å². The topological polar surface area (TPSA) is 0 Å². The Kier molecular flexibility index (Phi) is 6.64. The maximum absolute atomic E-state index is 14.4. The van der Waals surface area contributed by atoms with Gasteiger partial charge in [-0.1, -0.05) is 79.9 Å². The van der Waals surface area contributed by atoms with Crippen molar-refractivity contribution in [2.24, 2.45) is 0 Å². The Morgan fingerprint density at radius 3 is 2.29 bits per heavy atom. The molecule has 108 valence electrons. The third kappa shape index (κ3) is 3.93. The van der Waals surface area contributed by atoms with Gasteiger partial charge in [-0.3, -0.25) is 0 Å². The van der Waals surface area contributed by atoms with Crippen molar-refractivity contribution in [3.63, 3.8) is 0 Å². The van der Waals surface area contributed by atoms with E-state index in [1.807, 2.05) is 18.2 Å². The fourth-order valence-corrected chi connectivity index (χ4v) is 2.21. The van der Waals surface area contributed by atoms with Crippen molar-refractivity contribution in [1.29, 1.82) is 0 Å². The molecule has 0 N–H and O–H groups in total. The quantitative estimate of drug-likeness (QED) is 0.529. The minimum absolute atomic E-state index is 0.363. The number of allylic oxidation sites excluding steroid dienone is 9. The Bertz CT molecular complexity index is 645. The third-order valence-corrected chi connectivity index (χ3v) is 3.27. The zero-order valence-electron chi connectivity index (χ0n) is 12.1. The molecule has 0 saturated heterocycles. The van der Waals surface area contributed by atoms with Crippen LogP contribution in [0.4, 0.5) is 4.39 Å². The second-order valence-corrected chi connectivity index (χ2v) is 4.58. The summed E-state index contributed by atoms with van der Waals surface area (Å²) in [6.45, 7) is 12.8. The second kappa shape index (κ2) is 8.23. The Morgan fingerprint density at radius 2 is 1.81 bits per heavy atom. The van der Waals surface area contributed by atoms with Gasteiger partial charge >= 0.3 is 0 Å². The summed E-state index contributed by atoms with van der Waals surface area (Å²) in [5.74, 6) is -0.363. The largest absolute Gasteiger partial charge is 0.207 e. The van der Waals surface area contributed by atoms with Crippen molar-refractivity contribution in [1.82, 2.24) is 0 Å². The van der Waals surface area contributed by atoms with E-state index in [0.29, 0.717) is 21.7 Å². The molecule has 0 aliphatic heterocycles. The van der Waals surface area contributed by atoms with E-state index in [4.69, 9.17) is 11.6 Å². The van der Waals surface area contributed by atoms with Crippen LogP contribution in [0.15, 0.2) is 91.4 Å². The monoisotopic (exact) mass is 300 g/mol. The van der Waals surface area contributed by atoms with Crippen LogP contribution in [0.3, 0.4) is 0 Å². The molecular formula is C19H18ClF. The minimum Gasteiger partial charge on any atom is -0.207 e. The molecule has 1 aromatic rings. The van der Waals surface area contributed by atoms with Crippen molar-refractivity contribution in [3.8, 4) is 0 Å². The van der Waals surface area contributed by atoms with Gasteiger partial charge in [-0.25, -0.2) is 4.39 Å². The summed E-state index contributed by atoms with van der Waals surface area (Å²) in [4.78, 5) is 0. The average molecular weight is 301 g/mol. The normalized spacial score (nSPS) is 13.5. The van der Waals surface area contributed by atoms with Crippen LogP contribution in [0.2, 0.25) is 5.02 Å². The van der Waals surface area contributed by atoms with Crippen molar-refractivity contribution >= 4 is 17.2 Å². The van der Waals surface area contributed by atoms with Gasteiger partial charge in [0.1, 0.15) is 5.83 Å². The zero-order valence-corrected chi connectivity index (χ0v) is 12.8. The van der Waals surface area contributed by atoms with Gasteiger partial charge in [0, 0.05) is 16.2 Å². The third-order valence-electron chi connectivity index (χ3n) is 2.94. The minimum atomic E-state index is -0.363. The summed E-state index contributed by atoms with van der Waals surface area (Å²) in [5, 5.41) is 0.538. The van der Waals surface area contributed by atoms with Crippen LogP contribution in [0.25, 0.3) is 5.57 Å². The van der Waals surface area contributed by atoms with Gasteiger partial charge < -0.3 is 0 Å². The molecule has 0 nitrogen and oxygen atoms in total. The van der Waals surface area contributed by atoms with Crippen LogP contribution >= 0.6 is 11.6 Å². The van der Waals surface area contributed by atoms with Gasteiger partial charge in [0.05, 0.1) is 0 Å². The zero-order chi connectivity index (χ0) is 15.8. The molecule has 2 heteroatoms. The second-order valence-electron chi connectivity index (χ2n) is 4.17. The molecule has 0 aliphatic rings. The van der Waals surface area contributed by atoms with E-state index in [-0.39, 0.29) is 5.83 Å². The SMILES string of the molecule is C=C/C=C(C=C)/C(C(/F)=C\C)=C(/C=C)c1ccccc1Cl. The summed E-state index contributed by atoms with van der Waals surface area (Å²) in [6.07, 6.45) is 7.87. The van der Waals surface area contributed by atoms with Crippen LogP contribution in [0, 0.1) is 0 Å². The standard InChI is InChI=1S/C19H18ClF/c1-5-11-14(6-2)19(18(21)8-4)15(7-3)16-12-9-10-13-17(16)20/h5-13H,1-3H2,4H3/b14-11+,18-8+,19-15+. The fourth-order valence-electron chi connectivity index (χ4n) is 1.97. The smallest absolute Gasteiger partial charge is 0.127 e. The Hall–Kier alpha value is -2.12. The molecule has 0 fully saturated rings. The Morgan fingerprint density at radius 1 is 1.14 bits per heavy atom. The summed E-state index contributed by atoms with van der Waals surface area (Å²) < 4.78 is 14.4. The van der Waals surface area contributed by atoms with E-state index in [1.165, 1.54) is 6.08 Å². The van der Waals surface area contributed by atoms with Crippen LogP contribution < -0.4 is 0 Å². The maximum atomic E-state index is 14.4. The van der Waals surface area contributed by atoms with E-state index in [0.717, 1.165) is 5.56 Å². The van der Waals surface area contributed by atoms with Crippen LogP contribution in [0.1, 0.15) is 12.5 Å². The lowest BCUT2D eigenvalue weighted by atomic mass is 9.93. The van der Waals surface area contributed by atoms with Crippen molar-refractivity contribution < 1.29 is 4.39 Å². The van der Waals surface area contributed by atoms with E-state index in [1.54, 1.807) is 37.3 Å². The first-order chi connectivity index (χ1) is 10.1. The first-order valence-corrected chi connectivity index (χ1v) is 6.87. The molecule has 0 spiro atoms. The molecule has 0 heterocycles. The highest BCUT2D eigenvalue weighted by Crippen LogP contribution is 2.34. The molecule has 0 unspecified atom stereocenters. The first kappa shape index (κ1) is 16.9. The highest BCUT2D eigenvalue weighted by molar-refractivity contribution is 6.32. The number of hydrogen-bond donors (Lipinski definition) is 0. The lowest BCUT2D eigenvalue weighted by molar-refractivity contribution is 0.654. The lowest BCUT2D eigenvalue weighted by Gasteiger charge is -2.14. The summed E-state index contributed by atoms with van der Waals surface area (Å²) in [5.41, 5.74) is 2.35. The van der Waals surface area contributed by atoms with Crippen LogP contribution in [-0.2, 0) is 0 Å². The highest BCUT2D eigenvalue weighted by atomic mass is 35.5. The highest BCUT2D eigenvalue weighted by Gasteiger charge is 2.15. The van der Waals surface area contributed by atoms with Crippen molar-refractivity contribution in [2.75, 3.05) is 0 Å². The predicted octanol–water partition coefficient (Wildman–Crippen LogP) is 6.45. The van der Waals surface area contributed by atoms with Gasteiger partial charge in [-0.15, -0.1) is 0 Å². The molecule has 1 rings (SSSR count). The fraction of sp³-hybridized carbons (Fsp3) is 0.0526. The molecule has 0 aliphatic carbocycles. The first-order valence-electron chi connectivity index (χ1n) is 6.50. The maximum Gasteiger partial charge on any atom is 0.127 e. The van der Waals surface area contributed by atoms with E-state index in [9.17, 15) is 4.39 Å². The van der Waals surface area contributed by atoms with Gasteiger partial charge in [0.2, 0.25) is 0 Å². The average Bonchev–Trinajstić information content (AvgIpc) is 2.51. The Balaban J connectivity index is 3.77. The molecule has 0 amide bonds. The molecule has 0 saturated carbocycles. The van der Waals surface area contributed by atoms with Crippen molar-refractivity contribution in [3.05, 3.63) is 102 Å². The van der Waals surface area contributed by atoms with E-state index >= 15 is 0 Å². The van der Waals surface area contributed by atoms with Gasteiger partial charge in [-0.05, 0) is 24.1 Å². The van der Waals surface area contributed by atoms with Gasteiger partial charge in [-0.2, -0.15) is 0 Å². The van der Waals surface area contributed by atoms with Gasteiger partial charge in [0.25, 0.3) is 0 Å². The molecule has 1 aromatic carbocycles. The molecule has 0 aromatic heterocycles. The number of benzene rings is 1. The molecule has 0 radical (unpaired) electrons. The summed E-state index contributed by atoms with van der Waals surface area (Å²) >= 11 is 6.23. The molecule has 0 atom stereocenters. The summed E-state index contributed by atoms with van der Waals surface area (Å²) in [7, 11) is 0. The van der Waals surface area contributed by atoms with Crippen LogP contribution in [-0.4, -0.2) is 0 Å². The summed E-state index contributed by atoms with van der Waals surface area (Å²) in [6, 6.07) is 7.26.